The molecule has 1 aliphatic heterocycles. The number of sulfonamides is 1. The van der Waals surface area contributed by atoms with Gasteiger partial charge in [0.15, 0.2) is 11.6 Å². The lowest BCUT2D eigenvalue weighted by Gasteiger charge is -2.35. The number of piperazine rings is 1. The van der Waals surface area contributed by atoms with Crippen LogP contribution in [0.25, 0.3) is 0 Å². The van der Waals surface area contributed by atoms with E-state index in [1.807, 2.05) is 0 Å². The molecular weight excluding hydrogens is 470 g/mol. The van der Waals surface area contributed by atoms with E-state index in [1.165, 1.54) is 36.3 Å². The predicted octanol–water partition coefficient (Wildman–Crippen LogP) is 0.865. The van der Waals surface area contributed by atoms with Gasteiger partial charge in [-0.1, -0.05) is 6.07 Å². The van der Waals surface area contributed by atoms with Gasteiger partial charge in [-0.15, -0.1) is 0 Å². The Morgan fingerprint density at radius 3 is 2.26 bits per heavy atom. The van der Waals surface area contributed by atoms with Crippen LogP contribution in [0.2, 0.25) is 0 Å². The average Bonchev–Trinajstić information content (AvgIpc) is 2.80. The Hall–Kier alpha value is -3.09. The number of nitrogens with two attached hydrogens (primary N) is 2. The Morgan fingerprint density at radius 1 is 1.03 bits per heavy atom. The molecular formula is C22H26F2N4O5S. The number of methoxy groups -OCH3 is 1. The zero-order chi connectivity index (χ0) is 25.0. The van der Waals surface area contributed by atoms with Crippen LogP contribution in [-0.2, 0) is 21.2 Å². The van der Waals surface area contributed by atoms with E-state index in [1.54, 1.807) is 4.90 Å². The van der Waals surface area contributed by atoms with E-state index in [-0.39, 0.29) is 61.1 Å². The molecule has 1 heterocycles. The lowest BCUT2D eigenvalue weighted by atomic mass is 10.0. The lowest BCUT2D eigenvalue weighted by molar-refractivity contribution is -0.133. The number of ether oxygens (including phenoxy) is 1. The molecule has 2 amide bonds. The van der Waals surface area contributed by atoms with Crippen molar-refractivity contribution in [2.45, 2.75) is 23.8 Å². The highest BCUT2D eigenvalue weighted by molar-refractivity contribution is 7.89. The minimum atomic E-state index is -4.00. The number of hydrogen-bond acceptors (Lipinski definition) is 6. The number of carbonyl (C=O) groups is 2. The molecule has 1 atom stereocenters. The van der Waals surface area contributed by atoms with E-state index in [4.69, 9.17) is 15.6 Å². The first-order valence-electron chi connectivity index (χ1n) is 10.5. The maximum atomic E-state index is 13.4. The quantitative estimate of drug-likeness (QED) is 0.584. The van der Waals surface area contributed by atoms with Gasteiger partial charge in [-0.3, -0.25) is 9.59 Å². The molecule has 4 N–H and O–H groups in total. The summed E-state index contributed by atoms with van der Waals surface area (Å²) in [7, 11) is -2.64. The van der Waals surface area contributed by atoms with Crippen LogP contribution in [-0.4, -0.2) is 69.4 Å². The minimum Gasteiger partial charge on any atom is -0.496 e. The van der Waals surface area contributed by atoms with E-state index in [9.17, 15) is 26.8 Å². The molecule has 0 bridgehead atoms. The molecule has 184 valence electrons. The van der Waals surface area contributed by atoms with E-state index >= 15 is 0 Å². The average molecular weight is 497 g/mol. The van der Waals surface area contributed by atoms with Crippen molar-refractivity contribution >= 4 is 21.8 Å². The fraction of sp³-hybridized carbons (Fsp3) is 0.364. The highest BCUT2D eigenvalue weighted by Gasteiger charge is 2.28. The van der Waals surface area contributed by atoms with Crippen LogP contribution in [0.3, 0.4) is 0 Å². The number of benzene rings is 2. The monoisotopic (exact) mass is 496 g/mol. The number of halogens is 2. The third-order valence-electron chi connectivity index (χ3n) is 5.57. The van der Waals surface area contributed by atoms with Gasteiger partial charge in [0.05, 0.1) is 17.6 Å². The smallest absolute Gasteiger partial charge is 0.257 e. The molecule has 2 aromatic rings. The van der Waals surface area contributed by atoms with Crippen molar-refractivity contribution in [3.05, 3.63) is 59.2 Å². The van der Waals surface area contributed by atoms with Gasteiger partial charge in [-0.05, 0) is 42.3 Å². The normalized spacial score (nSPS) is 15.2. The van der Waals surface area contributed by atoms with Crippen LogP contribution in [0.15, 0.2) is 41.3 Å². The van der Waals surface area contributed by atoms with E-state index in [0.717, 1.165) is 12.1 Å². The summed E-state index contributed by atoms with van der Waals surface area (Å²) in [6.07, 6.45) is 0.221. The molecule has 3 rings (SSSR count). The number of rotatable bonds is 7. The third-order valence-corrected chi connectivity index (χ3v) is 6.48. The van der Waals surface area contributed by atoms with Crippen LogP contribution in [0.1, 0.15) is 22.3 Å². The summed E-state index contributed by atoms with van der Waals surface area (Å²) in [5, 5.41) is 5.17. The van der Waals surface area contributed by atoms with Crippen molar-refractivity contribution in [2.75, 3.05) is 33.3 Å². The van der Waals surface area contributed by atoms with Crippen molar-refractivity contribution in [3.63, 3.8) is 0 Å². The largest absolute Gasteiger partial charge is 0.496 e. The number of amides is 2. The van der Waals surface area contributed by atoms with Crippen molar-refractivity contribution < 1.29 is 31.5 Å². The Kier molecular flexibility index (Phi) is 7.85. The topological polar surface area (TPSA) is 136 Å². The lowest BCUT2D eigenvalue weighted by Crippen LogP contribution is -2.51. The molecule has 1 fully saturated rings. The second-order valence-electron chi connectivity index (χ2n) is 8.00. The summed E-state index contributed by atoms with van der Waals surface area (Å²) < 4.78 is 54.9. The van der Waals surface area contributed by atoms with Crippen LogP contribution < -0.4 is 15.6 Å². The van der Waals surface area contributed by atoms with Gasteiger partial charge < -0.3 is 20.3 Å². The molecule has 0 radical (unpaired) electrons. The Bertz CT molecular complexity index is 1180. The molecule has 12 heteroatoms. The molecule has 0 spiro atoms. The minimum absolute atomic E-state index is 0.0111. The molecule has 0 saturated carbocycles. The van der Waals surface area contributed by atoms with Gasteiger partial charge in [0.25, 0.3) is 5.91 Å². The number of primary sulfonamides is 1. The summed E-state index contributed by atoms with van der Waals surface area (Å²) in [5.41, 5.74) is 6.58. The summed E-state index contributed by atoms with van der Waals surface area (Å²) >= 11 is 0. The van der Waals surface area contributed by atoms with Crippen LogP contribution in [0, 0.1) is 11.6 Å². The molecule has 1 saturated heterocycles. The molecule has 0 aliphatic carbocycles. The number of carbonyl (C=O) groups excluding carboxylic acids is 2. The van der Waals surface area contributed by atoms with Crippen LogP contribution >= 0.6 is 0 Å². The van der Waals surface area contributed by atoms with Crippen molar-refractivity contribution in [1.29, 1.82) is 0 Å². The third kappa shape index (κ3) is 6.07. The highest BCUT2D eigenvalue weighted by atomic mass is 32.2. The molecule has 0 unspecified atom stereocenters. The summed E-state index contributed by atoms with van der Waals surface area (Å²) in [5.74, 6) is -2.36. The first-order chi connectivity index (χ1) is 16.0. The van der Waals surface area contributed by atoms with Gasteiger partial charge in [0.2, 0.25) is 15.9 Å². The molecule has 9 nitrogen and oxygen atoms in total. The predicted molar refractivity (Wildman–Crippen MR) is 120 cm³/mol. The molecule has 1 aliphatic rings. The highest BCUT2D eigenvalue weighted by Crippen LogP contribution is 2.24. The van der Waals surface area contributed by atoms with Gasteiger partial charge in [-0.25, -0.2) is 22.3 Å². The van der Waals surface area contributed by atoms with Crippen LogP contribution in [0.4, 0.5) is 8.78 Å². The van der Waals surface area contributed by atoms with Crippen molar-refractivity contribution in [2.24, 2.45) is 10.9 Å². The Morgan fingerprint density at radius 2 is 1.68 bits per heavy atom. The molecule has 34 heavy (non-hydrogen) atoms. The summed E-state index contributed by atoms with van der Waals surface area (Å²) in [6.45, 7) is 0.983. The second kappa shape index (κ2) is 10.5. The van der Waals surface area contributed by atoms with Crippen molar-refractivity contribution in [3.8, 4) is 5.75 Å². The van der Waals surface area contributed by atoms with Gasteiger partial charge >= 0.3 is 0 Å². The van der Waals surface area contributed by atoms with E-state index in [0.29, 0.717) is 5.56 Å². The van der Waals surface area contributed by atoms with Crippen LogP contribution in [0.5, 0.6) is 5.75 Å². The Labute approximate surface area is 196 Å². The molecule has 2 aromatic carbocycles. The first-order valence-corrected chi connectivity index (χ1v) is 12.0. The van der Waals surface area contributed by atoms with E-state index in [2.05, 4.69) is 0 Å². The molecule has 0 aromatic heterocycles. The zero-order valence-electron chi connectivity index (χ0n) is 18.5. The van der Waals surface area contributed by atoms with Crippen molar-refractivity contribution in [1.82, 2.24) is 9.80 Å². The zero-order valence-corrected chi connectivity index (χ0v) is 19.4. The standard InChI is InChI=1S/C22H26F2N4O5S/c1-33-20-5-3-16(34(26,31)32)13-17(20)22(30)28-8-6-27(7-9-28)21(29)12-15(25)10-14-2-4-18(23)19(24)11-14/h2-5,11,13,15H,6-10,12,25H2,1H3,(H2,26,31,32)/t15-/m1/s1. The number of nitrogens with zero attached hydrogens (tertiary/aromatic N) is 2. The first kappa shape index (κ1) is 25.5. The maximum absolute atomic E-state index is 13.4. The van der Waals surface area contributed by atoms with Gasteiger partial charge in [0.1, 0.15) is 5.75 Å². The fourth-order valence-corrected chi connectivity index (χ4v) is 4.30. The Balaban J connectivity index is 1.58. The summed E-state index contributed by atoms with van der Waals surface area (Å²) in [6, 6.07) is 6.71. The summed E-state index contributed by atoms with van der Waals surface area (Å²) in [4.78, 5) is 28.5. The maximum Gasteiger partial charge on any atom is 0.257 e. The number of hydrogen-bond donors (Lipinski definition) is 2. The SMILES string of the molecule is COc1ccc(S(N)(=O)=O)cc1C(=O)N1CCN(C(=O)C[C@H](N)Cc2ccc(F)c(F)c2)CC1. The van der Waals surface area contributed by atoms with Gasteiger partial charge in [-0.2, -0.15) is 0 Å². The van der Waals surface area contributed by atoms with E-state index < -0.39 is 33.6 Å². The van der Waals surface area contributed by atoms with Gasteiger partial charge in [0, 0.05) is 38.6 Å². The second-order valence-corrected chi connectivity index (χ2v) is 9.56. The fourth-order valence-electron chi connectivity index (χ4n) is 3.76.